The van der Waals surface area contributed by atoms with Crippen LogP contribution in [0.15, 0.2) is 17.3 Å². The molecule has 24 heavy (non-hydrogen) atoms. The molecule has 1 aromatic rings. The molecule has 2 heterocycles. The number of nitrogens with one attached hydrogen (secondary N) is 2. The SMILES string of the molecule is CCN(CC)C(=O)C1=C(C)NC(=S)N[C@H]1c1cc(C#N)n(C)c1C. The lowest BCUT2D eigenvalue weighted by molar-refractivity contribution is -0.127. The Hall–Kier alpha value is -2.33. The van der Waals surface area contributed by atoms with Gasteiger partial charge < -0.3 is 20.1 Å². The number of rotatable bonds is 4. The van der Waals surface area contributed by atoms with E-state index in [0.29, 0.717) is 29.5 Å². The molecule has 2 rings (SSSR count). The van der Waals surface area contributed by atoms with Crippen LogP contribution in [0.4, 0.5) is 0 Å². The predicted octanol–water partition coefficient (Wildman–Crippen LogP) is 1.87. The first-order chi connectivity index (χ1) is 11.3. The molecule has 0 radical (unpaired) electrons. The van der Waals surface area contributed by atoms with Crippen LogP contribution in [0.25, 0.3) is 0 Å². The van der Waals surface area contributed by atoms with Crippen LogP contribution in [0.3, 0.4) is 0 Å². The van der Waals surface area contributed by atoms with Gasteiger partial charge in [-0.2, -0.15) is 5.26 Å². The fourth-order valence-corrected chi connectivity index (χ4v) is 3.29. The third-order valence-corrected chi connectivity index (χ3v) is 4.77. The summed E-state index contributed by atoms with van der Waals surface area (Å²) in [6, 6.07) is 3.64. The molecular weight excluding hydrogens is 322 g/mol. The number of thiocarbonyl (C=S) groups is 1. The molecule has 1 atom stereocenters. The third kappa shape index (κ3) is 3.02. The van der Waals surface area contributed by atoms with Crippen molar-refractivity contribution in [2.24, 2.45) is 7.05 Å². The van der Waals surface area contributed by atoms with Gasteiger partial charge in [0.1, 0.15) is 11.8 Å². The first-order valence-corrected chi connectivity index (χ1v) is 8.40. The number of nitrogens with zero attached hydrogens (tertiary/aromatic N) is 3. The molecule has 0 bridgehead atoms. The Balaban J connectivity index is 2.58. The maximum Gasteiger partial charge on any atom is 0.253 e. The smallest absolute Gasteiger partial charge is 0.253 e. The zero-order valence-electron chi connectivity index (χ0n) is 14.7. The van der Waals surface area contributed by atoms with Crippen molar-refractivity contribution in [2.45, 2.75) is 33.7 Å². The standard InChI is InChI=1S/C17H23N5OS/c1-6-22(7-2)16(23)14-10(3)19-17(24)20-15(14)13-8-12(9-18)21(5)11(13)4/h8,15H,6-7H2,1-5H3,(H2,19,20,24)/t15-/m0/s1. The lowest BCUT2D eigenvalue weighted by Crippen LogP contribution is -2.47. The molecular formula is C17H23N5OS. The lowest BCUT2D eigenvalue weighted by atomic mass is 9.94. The van der Waals surface area contributed by atoms with Gasteiger partial charge in [-0.1, -0.05) is 0 Å². The highest BCUT2D eigenvalue weighted by Gasteiger charge is 2.33. The van der Waals surface area contributed by atoms with E-state index in [1.807, 2.05) is 45.4 Å². The molecule has 0 unspecified atom stereocenters. The average molecular weight is 345 g/mol. The van der Waals surface area contributed by atoms with Crippen molar-refractivity contribution in [1.82, 2.24) is 20.1 Å². The van der Waals surface area contributed by atoms with Crippen molar-refractivity contribution in [2.75, 3.05) is 13.1 Å². The highest BCUT2D eigenvalue weighted by atomic mass is 32.1. The first kappa shape index (κ1) is 18.0. The van der Waals surface area contributed by atoms with Crippen molar-refractivity contribution in [3.63, 3.8) is 0 Å². The van der Waals surface area contributed by atoms with Crippen LogP contribution < -0.4 is 10.6 Å². The van der Waals surface area contributed by atoms with Crippen LogP contribution in [0.5, 0.6) is 0 Å². The summed E-state index contributed by atoms with van der Waals surface area (Å²) in [7, 11) is 1.85. The number of hydrogen-bond donors (Lipinski definition) is 2. The van der Waals surface area contributed by atoms with Gasteiger partial charge in [0.15, 0.2) is 5.11 Å². The molecule has 0 saturated heterocycles. The summed E-state index contributed by atoms with van der Waals surface area (Å²) in [5.41, 5.74) is 3.79. The second-order valence-corrected chi connectivity index (χ2v) is 6.20. The highest BCUT2D eigenvalue weighted by molar-refractivity contribution is 7.80. The van der Waals surface area contributed by atoms with Crippen molar-refractivity contribution in [3.05, 3.63) is 34.3 Å². The second-order valence-electron chi connectivity index (χ2n) is 5.79. The lowest BCUT2D eigenvalue weighted by Gasteiger charge is -2.33. The molecule has 1 aliphatic heterocycles. The zero-order chi connectivity index (χ0) is 18.0. The molecule has 6 nitrogen and oxygen atoms in total. The van der Waals surface area contributed by atoms with Gasteiger partial charge in [-0.25, -0.2) is 0 Å². The van der Waals surface area contributed by atoms with Gasteiger partial charge in [0.25, 0.3) is 5.91 Å². The fourth-order valence-electron chi connectivity index (χ4n) is 3.01. The third-order valence-electron chi connectivity index (χ3n) is 4.55. The van der Waals surface area contributed by atoms with Crippen molar-refractivity contribution >= 4 is 23.2 Å². The Labute approximate surface area is 148 Å². The Bertz CT molecular complexity index is 752. The molecule has 7 heteroatoms. The number of carbonyl (C=O) groups is 1. The normalized spacial score (nSPS) is 17.2. The van der Waals surface area contributed by atoms with Crippen LogP contribution >= 0.6 is 12.2 Å². The summed E-state index contributed by atoms with van der Waals surface area (Å²) in [4.78, 5) is 14.8. The summed E-state index contributed by atoms with van der Waals surface area (Å²) in [6.07, 6.45) is 0. The van der Waals surface area contributed by atoms with E-state index in [1.165, 1.54) is 0 Å². The molecule has 1 aromatic heterocycles. The Kier molecular flexibility index (Phi) is 5.30. The van der Waals surface area contributed by atoms with E-state index in [9.17, 15) is 10.1 Å². The van der Waals surface area contributed by atoms with E-state index in [2.05, 4.69) is 16.7 Å². The molecule has 0 spiro atoms. The Morgan fingerprint density at radius 3 is 2.54 bits per heavy atom. The van der Waals surface area contributed by atoms with E-state index < -0.39 is 0 Å². The quantitative estimate of drug-likeness (QED) is 0.815. The highest BCUT2D eigenvalue weighted by Crippen LogP contribution is 2.31. The number of nitriles is 1. The van der Waals surface area contributed by atoms with Gasteiger partial charge >= 0.3 is 0 Å². The minimum atomic E-state index is -0.361. The molecule has 128 valence electrons. The van der Waals surface area contributed by atoms with Crippen LogP contribution in [0.1, 0.15) is 43.8 Å². The number of amides is 1. The molecule has 2 N–H and O–H groups in total. The average Bonchev–Trinajstić information content (AvgIpc) is 2.83. The first-order valence-electron chi connectivity index (χ1n) is 7.99. The van der Waals surface area contributed by atoms with E-state index in [4.69, 9.17) is 12.2 Å². The second kappa shape index (κ2) is 7.05. The van der Waals surface area contributed by atoms with Crippen molar-refractivity contribution in [3.8, 4) is 6.07 Å². The predicted molar refractivity (Wildman–Crippen MR) is 97.1 cm³/mol. The largest absolute Gasteiger partial charge is 0.351 e. The van der Waals surface area contributed by atoms with Gasteiger partial charge in [0.2, 0.25) is 0 Å². The fraction of sp³-hybridized carbons (Fsp3) is 0.471. The number of likely N-dealkylation sites (N-methyl/N-ethyl adjacent to an activating group) is 1. The summed E-state index contributed by atoms with van der Waals surface area (Å²) in [5.74, 6) is -0.0215. The zero-order valence-corrected chi connectivity index (χ0v) is 15.5. The van der Waals surface area contributed by atoms with Crippen LogP contribution in [-0.4, -0.2) is 33.6 Å². The van der Waals surface area contributed by atoms with Gasteiger partial charge in [-0.15, -0.1) is 0 Å². The summed E-state index contributed by atoms with van der Waals surface area (Å²) >= 11 is 5.28. The van der Waals surface area contributed by atoms with Crippen molar-refractivity contribution in [1.29, 1.82) is 5.26 Å². The van der Waals surface area contributed by atoms with E-state index >= 15 is 0 Å². The van der Waals surface area contributed by atoms with Gasteiger partial charge in [0, 0.05) is 37.1 Å². The molecule has 1 amide bonds. The minimum absolute atomic E-state index is 0.0215. The molecule has 1 aliphatic rings. The number of carbonyl (C=O) groups excluding carboxylic acids is 1. The minimum Gasteiger partial charge on any atom is -0.351 e. The summed E-state index contributed by atoms with van der Waals surface area (Å²) in [5, 5.41) is 16.0. The van der Waals surface area contributed by atoms with Gasteiger partial charge in [-0.3, -0.25) is 4.79 Å². The number of aromatic nitrogens is 1. The van der Waals surface area contributed by atoms with Crippen LogP contribution in [-0.2, 0) is 11.8 Å². The monoisotopic (exact) mass is 345 g/mol. The maximum atomic E-state index is 13.0. The van der Waals surface area contributed by atoms with E-state index in [1.54, 1.807) is 4.90 Å². The number of allylic oxidation sites excluding steroid dienone is 1. The Morgan fingerprint density at radius 1 is 1.42 bits per heavy atom. The Morgan fingerprint density at radius 2 is 2.04 bits per heavy atom. The van der Waals surface area contributed by atoms with E-state index in [-0.39, 0.29) is 11.9 Å². The maximum absolute atomic E-state index is 13.0. The molecule has 0 aromatic carbocycles. The van der Waals surface area contributed by atoms with Crippen molar-refractivity contribution < 1.29 is 4.79 Å². The van der Waals surface area contributed by atoms with Crippen LogP contribution in [0.2, 0.25) is 0 Å². The van der Waals surface area contributed by atoms with Crippen LogP contribution in [0, 0.1) is 18.3 Å². The van der Waals surface area contributed by atoms with Gasteiger partial charge in [-0.05, 0) is 46.0 Å². The molecule has 0 saturated carbocycles. The van der Waals surface area contributed by atoms with E-state index in [0.717, 1.165) is 17.0 Å². The summed E-state index contributed by atoms with van der Waals surface area (Å²) in [6.45, 7) is 9.00. The summed E-state index contributed by atoms with van der Waals surface area (Å²) < 4.78 is 1.83. The van der Waals surface area contributed by atoms with Gasteiger partial charge in [0.05, 0.1) is 11.6 Å². The molecule has 0 aliphatic carbocycles. The topological polar surface area (TPSA) is 73.1 Å². The molecule has 0 fully saturated rings. The number of hydrogen-bond acceptors (Lipinski definition) is 3.